The SMILES string of the molecule is CCN1CCN(c2cccc3c2ccn3S(=O)(=O)c2ccccc2)CC1. The first kappa shape index (κ1) is 17.1. The molecule has 0 unspecified atom stereocenters. The quantitative estimate of drug-likeness (QED) is 0.709. The van der Waals surface area contributed by atoms with Crippen LogP contribution in [0.1, 0.15) is 6.92 Å². The molecule has 1 aliphatic heterocycles. The first-order valence-electron chi connectivity index (χ1n) is 8.99. The first-order chi connectivity index (χ1) is 12.6. The summed E-state index contributed by atoms with van der Waals surface area (Å²) in [6.45, 7) is 7.26. The summed E-state index contributed by atoms with van der Waals surface area (Å²) in [5.74, 6) is 0. The number of benzene rings is 2. The molecule has 136 valence electrons. The fraction of sp³-hybridized carbons (Fsp3) is 0.300. The van der Waals surface area contributed by atoms with Gasteiger partial charge in [-0.05, 0) is 36.9 Å². The number of aromatic nitrogens is 1. The number of hydrogen-bond acceptors (Lipinski definition) is 4. The van der Waals surface area contributed by atoms with E-state index in [9.17, 15) is 8.42 Å². The van der Waals surface area contributed by atoms with Gasteiger partial charge in [-0.15, -0.1) is 0 Å². The van der Waals surface area contributed by atoms with Crippen molar-refractivity contribution >= 4 is 26.6 Å². The largest absolute Gasteiger partial charge is 0.368 e. The van der Waals surface area contributed by atoms with Gasteiger partial charge in [0.25, 0.3) is 10.0 Å². The fourth-order valence-corrected chi connectivity index (χ4v) is 4.99. The summed E-state index contributed by atoms with van der Waals surface area (Å²) in [7, 11) is -3.59. The predicted molar refractivity (Wildman–Crippen MR) is 105 cm³/mol. The Hall–Kier alpha value is -2.31. The van der Waals surface area contributed by atoms with Gasteiger partial charge in [0.15, 0.2) is 0 Å². The van der Waals surface area contributed by atoms with Gasteiger partial charge in [0.2, 0.25) is 0 Å². The summed E-state index contributed by atoms with van der Waals surface area (Å²) in [6.07, 6.45) is 1.67. The van der Waals surface area contributed by atoms with E-state index >= 15 is 0 Å². The standard InChI is InChI=1S/C20H23N3O2S/c1-2-21-13-15-22(16-14-21)19-9-6-10-20-18(19)11-12-23(20)26(24,25)17-7-4-3-5-8-17/h3-12H,2,13-16H2,1H3. The zero-order valence-electron chi connectivity index (χ0n) is 14.9. The normalized spacial score (nSPS) is 16.3. The summed E-state index contributed by atoms with van der Waals surface area (Å²) in [4.78, 5) is 5.09. The van der Waals surface area contributed by atoms with E-state index < -0.39 is 10.0 Å². The van der Waals surface area contributed by atoms with Crippen LogP contribution >= 0.6 is 0 Å². The van der Waals surface area contributed by atoms with Crippen LogP contribution < -0.4 is 4.90 Å². The van der Waals surface area contributed by atoms with Gasteiger partial charge in [0.05, 0.1) is 10.4 Å². The highest BCUT2D eigenvalue weighted by molar-refractivity contribution is 7.90. The monoisotopic (exact) mass is 369 g/mol. The molecule has 3 aromatic rings. The third-order valence-corrected chi connectivity index (χ3v) is 6.84. The van der Waals surface area contributed by atoms with Gasteiger partial charge in [0.1, 0.15) is 0 Å². The maximum Gasteiger partial charge on any atom is 0.268 e. The lowest BCUT2D eigenvalue weighted by atomic mass is 10.2. The molecule has 1 fully saturated rings. The molecule has 1 aromatic heterocycles. The number of piperazine rings is 1. The van der Waals surface area contributed by atoms with E-state index in [4.69, 9.17) is 0 Å². The molecule has 1 aliphatic rings. The summed E-state index contributed by atoms with van der Waals surface area (Å²) in [5.41, 5.74) is 1.84. The third kappa shape index (κ3) is 2.89. The Morgan fingerprint density at radius 3 is 2.31 bits per heavy atom. The molecule has 26 heavy (non-hydrogen) atoms. The molecule has 0 amide bonds. The van der Waals surface area contributed by atoms with Gasteiger partial charge in [-0.1, -0.05) is 31.2 Å². The van der Waals surface area contributed by atoms with Crippen LogP contribution in [0.5, 0.6) is 0 Å². The molecule has 0 aliphatic carbocycles. The van der Waals surface area contributed by atoms with E-state index in [1.165, 1.54) is 3.97 Å². The molecule has 0 bridgehead atoms. The minimum absolute atomic E-state index is 0.305. The van der Waals surface area contributed by atoms with E-state index in [2.05, 4.69) is 22.8 Å². The van der Waals surface area contributed by atoms with Gasteiger partial charge in [-0.25, -0.2) is 12.4 Å². The maximum absolute atomic E-state index is 13.0. The lowest BCUT2D eigenvalue weighted by Gasteiger charge is -2.35. The Morgan fingerprint density at radius 1 is 0.885 bits per heavy atom. The molecular weight excluding hydrogens is 346 g/mol. The number of anilines is 1. The van der Waals surface area contributed by atoms with Crippen molar-refractivity contribution < 1.29 is 8.42 Å². The van der Waals surface area contributed by atoms with Gasteiger partial charge in [0, 0.05) is 43.4 Å². The highest BCUT2D eigenvalue weighted by Crippen LogP contribution is 2.30. The molecule has 0 saturated carbocycles. The van der Waals surface area contributed by atoms with E-state index in [1.54, 1.807) is 30.5 Å². The van der Waals surface area contributed by atoms with E-state index in [0.717, 1.165) is 49.3 Å². The molecule has 0 atom stereocenters. The molecule has 2 heterocycles. The number of nitrogens with zero attached hydrogens (tertiary/aromatic N) is 3. The van der Waals surface area contributed by atoms with E-state index in [0.29, 0.717) is 4.90 Å². The fourth-order valence-electron chi connectivity index (χ4n) is 3.62. The number of rotatable bonds is 4. The van der Waals surface area contributed by atoms with Gasteiger partial charge < -0.3 is 9.80 Å². The summed E-state index contributed by atoms with van der Waals surface area (Å²) in [6, 6.07) is 16.4. The molecular formula is C20H23N3O2S. The molecule has 2 aromatic carbocycles. The summed E-state index contributed by atoms with van der Waals surface area (Å²) >= 11 is 0. The van der Waals surface area contributed by atoms with Crippen LogP contribution in [0.3, 0.4) is 0 Å². The molecule has 4 rings (SSSR count). The number of fused-ring (bicyclic) bond motifs is 1. The minimum Gasteiger partial charge on any atom is -0.368 e. The van der Waals surface area contributed by atoms with Crippen LogP contribution in [0.25, 0.3) is 10.9 Å². The van der Waals surface area contributed by atoms with Crippen molar-refractivity contribution in [3.63, 3.8) is 0 Å². The molecule has 0 spiro atoms. The van der Waals surface area contributed by atoms with Crippen LogP contribution in [0.4, 0.5) is 5.69 Å². The summed E-state index contributed by atoms with van der Waals surface area (Å²) < 4.78 is 27.4. The smallest absolute Gasteiger partial charge is 0.268 e. The third-order valence-electron chi connectivity index (χ3n) is 5.13. The van der Waals surface area contributed by atoms with Crippen LogP contribution in [-0.2, 0) is 10.0 Å². The van der Waals surface area contributed by atoms with Gasteiger partial charge in [-0.2, -0.15) is 0 Å². The zero-order chi connectivity index (χ0) is 18.1. The predicted octanol–water partition coefficient (Wildman–Crippen LogP) is 3.02. The first-order valence-corrected chi connectivity index (χ1v) is 10.4. The average molecular weight is 369 g/mol. The van der Waals surface area contributed by atoms with Crippen LogP contribution in [-0.4, -0.2) is 50.0 Å². The second-order valence-corrected chi connectivity index (χ2v) is 8.38. The second-order valence-electron chi connectivity index (χ2n) is 6.56. The molecule has 0 radical (unpaired) electrons. The van der Waals surface area contributed by atoms with Crippen LogP contribution in [0.2, 0.25) is 0 Å². The highest BCUT2D eigenvalue weighted by atomic mass is 32.2. The number of likely N-dealkylation sites (N-methyl/N-ethyl adjacent to an activating group) is 1. The Labute approximate surface area is 154 Å². The highest BCUT2D eigenvalue weighted by Gasteiger charge is 2.22. The summed E-state index contributed by atoms with van der Waals surface area (Å²) in [5, 5.41) is 0.983. The van der Waals surface area contributed by atoms with Crippen LogP contribution in [0, 0.1) is 0 Å². The molecule has 6 heteroatoms. The van der Waals surface area contributed by atoms with E-state index in [1.807, 2.05) is 24.3 Å². The molecule has 1 saturated heterocycles. The maximum atomic E-state index is 13.0. The molecule has 0 N–H and O–H groups in total. The zero-order valence-corrected chi connectivity index (χ0v) is 15.7. The Balaban J connectivity index is 1.75. The van der Waals surface area contributed by atoms with Gasteiger partial charge in [-0.3, -0.25) is 0 Å². The second kappa shape index (κ2) is 6.78. The van der Waals surface area contributed by atoms with Gasteiger partial charge >= 0.3 is 0 Å². The lowest BCUT2D eigenvalue weighted by molar-refractivity contribution is 0.271. The lowest BCUT2D eigenvalue weighted by Crippen LogP contribution is -2.46. The van der Waals surface area contributed by atoms with Crippen molar-refractivity contribution in [2.24, 2.45) is 0 Å². The average Bonchev–Trinajstić information content (AvgIpc) is 3.14. The molecule has 5 nitrogen and oxygen atoms in total. The Kier molecular flexibility index (Phi) is 4.46. The Morgan fingerprint density at radius 2 is 1.62 bits per heavy atom. The van der Waals surface area contributed by atoms with Crippen molar-refractivity contribution in [2.45, 2.75) is 11.8 Å². The van der Waals surface area contributed by atoms with E-state index in [-0.39, 0.29) is 0 Å². The Bertz CT molecular complexity index is 1000. The van der Waals surface area contributed by atoms with Crippen molar-refractivity contribution in [2.75, 3.05) is 37.6 Å². The van der Waals surface area contributed by atoms with Crippen molar-refractivity contribution in [1.82, 2.24) is 8.87 Å². The minimum atomic E-state index is -3.59. The number of hydrogen-bond donors (Lipinski definition) is 0. The van der Waals surface area contributed by atoms with Crippen molar-refractivity contribution in [3.8, 4) is 0 Å². The van der Waals surface area contributed by atoms with Crippen molar-refractivity contribution in [3.05, 3.63) is 60.8 Å². The van der Waals surface area contributed by atoms with Crippen molar-refractivity contribution in [1.29, 1.82) is 0 Å². The van der Waals surface area contributed by atoms with Crippen LogP contribution in [0.15, 0.2) is 65.7 Å². The topological polar surface area (TPSA) is 45.5 Å².